The number of carboxylic acid groups (broad SMARTS) is 1. The van der Waals surface area contributed by atoms with Gasteiger partial charge in [-0.3, -0.25) is 0 Å². The molecule has 112 valence electrons. The minimum absolute atomic E-state index is 0.0881. The molecule has 3 N–H and O–H groups in total. The number of rotatable bonds is 4. The van der Waals surface area contributed by atoms with Gasteiger partial charge in [0.15, 0.2) is 11.5 Å². The molecule has 0 aliphatic heterocycles. The Labute approximate surface area is 125 Å². The average Bonchev–Trinajstić information content (AvgIpc) is 2.49. The molecular formula is C16H12O6. The van der Waals surface area contributed by atoms with Gasteiger partial charge >= 0.3 is 11.9 Å². The zero-order valence-corrected chi connectivity index (χ0v) is 11.3. The Morgan fingerprint density at radius 3 is 2.23 bits per heavy atom. The lowest BCUT2D eigenvalue weighted by Gasteiger charge is -2.05. The van der Waals surface area contributed by atoms with Crippen LogP contribution in [0, 0.1) is 0 Å². The Balaban J connectivity index is 2.08. The van der Waals surface area contributed by atoms with Gasteiger partial charge < -0.3 is 20.1 Å². The molecule has 0 unspecified atom stereocenters. The first kappa shape index (κ1) is 15.1. The van der Waals surface area contributed by atoms with Gasteiger partial charge in [-0.15, -0.1) is 0 Å². The Bertz CT molecular complexity index is 731. The van der Waals surface area contributed by atoms with Gasteiger partial charge in [-0.2, -0.15) is 0 Å². The highest BCUT2D eigenvalue weighted by molar-refractivity contribution is 5.91. The first-order valence-electron chi connectivity index (χ1n) is 6.21. The summed E-state index contributed by atoms with van der Waals surface area (Å²) in [6.45, 7) is 0. The van der Waals surface area contributed by atoms with Crippen molar-refractivity contribution in [1.29, 1.82) is 0 Å². The van der Waals surface area contributed by atoms with E-state index >= 15 is 0 Å². The number of benzene rings is 2. The standard InChI is InChI=1S/C16H12O6/c17-13-7-4-11(9-14(13)18)16(21)22-12-5-1-10(2-6-12)3-8-15(19)20/h1-9,17-18H,(H,19,20). The lowest BCUT2D eigenvalue weighted by Crippen LogP contribution is -2.08. The number of hydrogen-bond acceptors (Lipinski definition) is 5. The minimum Gasteiger partial charge on any atom is -0.504 e. The fourth-order valence-electron chi connectivity index (χ4n) is 1.63. The number of hydrogen-bond donors (Lipinski definition) is 3. The molecule has 0 bridgehead atoms. The fraction of sp³-hybridized carbons (Fsp3) is 0. The lowest BCUT2D eigenvalue weighted by molar-refractivity contribution is -0.131. The molecular weight excluding hydrogens is 288 g/mol. The molecule has 6 heteroatoms. The third-order valence-corrected chi connectivity index (χ3v) is 2.72. The van der Waals surface area contributed by atoms with Gasteiger partial charge in [0.1, 0.15) is 5.75 Å². The molecule has 2 rings (SSSR count). The largest absolute Gasteiger partial charge is 0.504 e. The van der Waals surface area contributed by atoms with E-state index in [2.05, 4.69) is 0 Å². The summed E-state index contributed by atoms with van der Waals surface area (Å²) in [4.78, 5) is 22.3. The number of aromatic hydroxyl groups is 2. The molecule has 22 heavy (non-hydrogen) atoms. The van der Waals surface area contributed by atoms with Gasteiger partial charge in [-0.1, -0.05) is 12.1 Å². The van der Waals surface area contributed by atoms with Crippen molar-refractivity contribution in [3.63, 3.8) is 0 Å². The molecule has 0 aromatic heterocycles. The number of carbonyl (C=O) groups excluding carboxylic acids is 1. The highest BCUT2D eigenvalue weighted by Crippen LogP contribution is 2.25. The van der Waals surface area contributed by atoms with Crippen LogP contribution in [0.2, 0.25) is 0 Å². The van der Waals surface area contributed by atoms with E-state index in [1.54, 1.807) is 12.1 Å². The summed E-state index contributed by atoms with van der Waals surface area (Å²) < 4.78 is 5.10. The molecule has 0 spiro atoms. The Kier molecular flexibility index (Phi) is 4.43. The average molecular weight is 300 g/mol. The maximum Gasteiger partial charge on any atom is 0.343 e. The highest BCUT2D eigenvalue weighted by atomic mass is 16.5. The molecule has 0 aliphatic rings. The van der Waals surface area contributed by atoms with E-state index in [0.29, 0.717) is 5.56 Å². The Morgan fingerprint density at radius 1 is 0.955 bits per heavy atom. The maximum absolute atomic E-state index is 11.9. The van der Waals surface area contributed by atoms with Crippen molar-refractivity contribution in [3.05, 3.63) is 59.7 Å². The van der Waals surface area contributed by atoms with Crippen molar-refractivity contribution < 1.29 is 29.6 Å². The second-order valence-corrected chi connectivity index (χ2v) is 4.33. The zero-order chi connectivity index (χ0) is 16.1. The number of ether oxygens (including phenoxy) is 1. The number of carbonyl (C=O) groups is 2. The quantitative estimate of drug-likeness (QED) is 0.347. The van der Waals surface area contributed by atoms with Gasteiger partial charge in [0.2, 0.25) is 0 Å². The van der Waals surface area contributed by atoms with E-state index < -0.39 is 17.7 Å². The number of carboxylic acids is 1. The summed E-state index contributed by atoms with van der Waals surface area (Å²) in [6.07, 6.45) is 2.41. The third-order valence-electron chi connectivity index (χ3n) is 2.72. The maximum atomic E-state index is 11.9. The second kappa shape index (κ2) is 6.45. The van der Waals surface area contributed by atoms with Crippen molar-refractivity contribution in [1.82, 2.24) is 0 Å². The molecule has 2 aromatic rings. The van der Waals surface area contributed by atoms with Crippen LogP contribution in [-0.4, -0.2) is 27.3 Å². The normalized spacial score (nSPS) is 10.5. The summed E-state index contributed by atoms with van der Waals surface area (Å²) in [6, 6.07) is 9.82. The number of phenolic OH excluding ortho intramolecular Hbond substituents is 2. The molecule has 0 radical (unpaired) electrons. The molecule has 0 aliphatic carbocycles. The van der Waals surface area contributed by atoms with Crippen molar-refractivity contribution >= 4 is 18.0 Å². The van der Waals surface area contributed by atoms with Crippen LogP contribution in [0.15, 0.2) is 48.5 Å². The van der Waals surface area contributed by atoms with Crippen LogP contribution in [0.3, 0.4) is 0 Å². The van der Waals surface area contributed by atoms with Crippen LogP contribution in [0.1, 0.15) is 15.9 Å². The highest BCUT2D eigenvalue weighted by Gasteiger charge is 2.11. The molecule has 0 atom stereocenters. The van der Waals surface area contributed by atoms with Crippen molar-refractivity contribution in [2.45, 2.75) is 0 Å². The van der Waals surface area contributed by atoms with Crippen LogP contribution < -0.4 is 4.74 Å². The van der Waals surface area contributed by atoms with Crippen molar-refractivity contribution in [2.24, 2.45) is 0 Å². The summed E-state index contributed by atoms with van der Waals surface area (Å²) >= 11 is 0. The summed E-state index contributed by atoms with van der Waals surface area (Å²) in [7, 11) is 0. The molecule has 0 saturated carbocycles. The number of aliphatic carboxylic acids is 1. The third kappa shape index (κ3) is 3.86. The van der Waals surface area contributed by atoms with Crippen molar-refractivity contribution in [2.75, 3.05) is 0 Å². The summed E-state index contributed by atoms with van der Waals surface area (Å²) in [5.74, 6) is -2.22. The molecule has 0 heterocycles. The van der Waals surface area contributed by atoms with Gasteiger partial charge in [0.05, 0.1) is 5.56 Å². The predicted octanol–water partition coefficient (Wildman–Crippen LogP) is 2.41. The minimum atomic E-state index is -1.05. The molecule has 0 amide bonds. The van der Waals surface area contributed by atoms with Gasteiger partial charge in [-0.25, -0.2) is 9.59 Å². The molecule has 2 aromatic carbocycles. The van der Waals surface area contributed by atoms with Crippen molar-refractivity contribution in [3.8, 4) is 17.2 Å². The topological polar surface area (TPSA) is 104 Å². The predicted molar refractivity (Wildman–Crippen MR) is 77.8 cm³/mol. The van der Waals surface area contributed by atoms with E-state index in [-0.39, 0.29) is 17.1 Å². The monoisotopic (exact) mass is 300 g/mol. The first-order chi connectivity index (χ1) is 10.5. The van der Waals surface area contributed by atoms with Crippen LogP contribution in [0.4, 0.5) is 0 Å². The Morgan fingerprint density at radius 2 is 1.64 bits per heavy atom. The fourth-order valence-corrected chi connectivity index (χ4v) is 1.63. The molecule has 0 saturated heterocycles. The summed E-state index contributed by atoms with van der Waals surface area (Å²) in [5, 5.41) is 27.0. The van der Waals surface area contributed by atoms with Crippen LogP contribution in [0.25, 0.3) is 6.08 Å². The van der Waals surface area contributed by atoms with E-state index in [1.807, 2.05) is 0 Å². The molecule has 0 fully saturated rings. The zero-order valence-electron chi connectivity index (χ0n) is 11.3. The number of esters is 1. The number of phenols is 2. The van der Waals surface area contributed by atoms with Gasteiger partial charge in [0.25, 0.3) is 0 Å². The van der Waals surface area contributed by atoms with E-state index in [0.717, 1.165) is 12.1 Å². The van der Waals surface area contributed by atoms with Crippen LogP contribution in [-0.2, 0) is 4.79 Å². The van der Waals surface area contributed by atoms with E-state index in [4.69, 9.17) is 9.84 Å². The van der Waals surface area contributed by atoms with Crippen LogP contribution >= 0.6 is 0 Å². The smallest absolute Gasteiger partial charge is 0.343 e. The second-order valence-electron chi connectivity index (χ2n) is 4.33. The van der Waals surface area contributed by atoms with Gasteiger partial charge in [0, 0.05) is 6.08 Å². The van der Waals surface area contributed by atoms with Crippen LogP contribution in [0.5, 0.6) is 17.2 Å². The lowest BCUT2D eigenvalue weighted by atomic mass is 10.2. The SMILES string of the molecule is O=C(O)C=Cc1ccc(OC(=O)c2ccc(O)c(O)c2)cc1. The van der Waals surface area contributed by atoms with E-state index in [1.165, 1.54) is 30.3 Å². The van der Waals surface area contributed by atoms with Gasteiger partial charge in [-0.05, 0) is 42.0 Å². The Hall–Kier alpha value is -3.28. The molecule has 6 nitrogen and oxygen atoms in total. The first-order valence-corrected chi connectivity index (χ1v) is 6.21. The van der Waals surface area contributed by atoms with E-state index in [9.17, 15) is 19.8 Å². The summed E-state index contributed by atoms with van der Waals surface area (Å²) in [5.41, 5.74) is 0.731.